The second-order valence-corrected chi connectivity index (χ2v) is 10.00. The zero-order valence-electron chi connectivity index (χ0n) is 20.0. The van der Waals surface area contributed by atoms with Crippen molar-refractivity contribution < 1.29 is 17.9 Å². The van der Waals surface area contributed by atoms with E-state index in [-0.39, 0.29) is 0 Å². The maximum absolute atomic E-state index is 13.2. The average Bonchev–Trinajstić information content (AvgIpc) is 3.22. The number of nitrogens with zero attached hydrogens (tertiary/aromatic N) is 3. The van der Waals surface area contributed by atoms with E-state index in [1.54, 1.807) is 25.3 Å². The van der Waals surface area contributed by atoms with Gasteiger partial charge >= 0.3 is 6.18 Å². The van der Waals surface area contributed by atoms with Crippen LogP contribution >= 0.6 is 15.9 Å². The number of pyridine rings is 1. The number of imidazole rings is 1. The molecule has 0 atom stereocenters. The van der Waals surface area contributed by atoms with Gasteiger partial charge in [0.05, 0.1) is 22.3 Å². The highest BCUT2D eigenvalue weighted by atomic mass is 79.9. The fourth-order valence-electron chi connectivity index (χ4n) is 4.47. The molecule has 3 heterocycles. The Morgan fingerprint density at radius 2 is 1.94 bits per heavy atom. The second-order valence-electron chi connectivity index (χ2n) is 9.21. The van der Waals surface area contributed by atoms with E-state index >= 15 is 0 Å². The van der Waals surface area contributed by atoms with Crippen molar-refractivity contribution in [1.29, 1.82) is 0 Å². The first-order valence-electron chi connectivity index (χ1n) is 11.9. The molecule has 0 spiro atoms. The molecule has 0 radical (unpaired) electrons. The number of aromatic nitrogens is 3. The molecule has 1 aromatic carbocycles. The minimum Gasteiger partial charge on any atom is -0.477 e. The summed E-state index contributed by atoms with van der Waals surface area (Å²) in [4.78, 5) is 14.5. The SMILES string of the molecule is Cc1[nH]c(-c2ccnc(OCCCCC3CCN(C)CC3)c2Br)nc1-c1cccc(C(F)(F)F)c1. The molecule has 0 amide bonds. The van der Waals surface area contributed by atoms with Crippen LogP contribution in [0.15, 0.2) is 41.0 Å². The van der Waals surface area contributed by atoms with Crippen molar-refractivity contribution in [2.45, 2.75) is 45.2 Å². The van der Waals surface area contributed by atoms with E-state index in [9.17, 15) is 13.2 Å². The van der Waals surface area contributed by atoms with Crippen LogP contribution in [0, 0.1) is 12.8 Å². The van der Waals surface area contributed by atoms with E-state index in [0.717, 1.165) is 36.5 Å². The fourth-order valence-corrected chi connectivity index (χ4v) is 5.01. The van der Waals surface area contributed by atoms with Gasteiger partial charge in [0.1, 0.15) is 5.82 Å². The van der Waals surface area contributed by atoms with Crippen LogP contribution < -0.4 is 4.74 Å². The number of piperidine rings is 1. The predicted molar refractivity (Wildman–Crippen MR) is 134 cm³/mol. The molecule has 1 saturated heterocycles. The van der Waals surface area contributed by atoms with Crippen LogP contribution in [0.3, 0.4) is 0 Å². The Kier molecular flexibility index (Phi) is 8.16. The van der Waals surface area contributed by atoms with E-state index < -0.39 is 11.7 Å². The normalized spacial score (nSPS) is 15.5. The topological polar surface area (TPSA) is 54.0 Å². The Labute approximate surface area is 212 Å². The van der Waals surface area contributed by atoms with Crippen LogP contribution in [-0.2, 0) is 6.18 Å². The van der Waals surface area contributed by atoms with Gasteiger partial charge in [0.25, 0.3) is 0 Å². The van der Waals surface area contributed by atoms with Gasteiger partial charge in [-0.3, -0.25) is 0 Å². The van der Waals surface area contributed by atoms with Crippen molar-refractivity contribution >= 4 is 15.9 Å². The van der Waals surface area contributed by atoms with Gasteiger partial charge in [-0.1, -0.05) is 18.6 Å². The quantitative estimate of drug-likeness (QED) is 0.303. The number of nitrogens with one attached hydrogen (secondary N) is 1. The van der Waals surface area contributed by atoms with Gasteiger partial charge < -0.3 is 14.6 Å². The number of unbranched alkanes of at least 4 members (excludes halogenated alkanes) is 1. The maximum atomic E-state index is 13.2. The van der Waals surface area contributed by atoms with E-state index in [1.807, 2.05) is 0 Å². The average molecular weight is 551 g/mol. The summed E-state index contributed by atoms with van der Waals surface area (Å²) in [5.74, 6) is 1.83. The van der Waals surface area contributed by atoms with Gasteiger partial charge in [0.15, 0.2) is 0 Å². The molecule has 9 heteroatoms. The summed E-state index contributed by atoms with van der Waals surface area (Å²) in [7, 11) is 2.18. The predicted octanol–water partition coefficient (Wildman–Crippen LogP) is 7.12. The van der Waals surface area contributed by atoms with Crippen LogP contribution in [-0.4, -0.2) is 46.6 Å². The molecule has 0 bridgehead atoms. The third-order valence-electron chi connectivity index (χ3n) is 6.54. The highest BCUT2D eigenvalue weighted by molar-refractivity contribution is 9.10. The molecule has 1 fully saturated rings. The van der Waals surface area contributed by atoms with Gasteiger partial charge in [0, 0.05) is 23.0 Å². The smallest absolute Gasteiger partial charge is 0.416 e. The second kappa shape index (κ2) is 11.1. The number of hydrogen-bond acceptors (Lipinski definition) is 4. The molecular weight excluding hydrogens is 521 g/mol. The molecule has 0 unspecified atom stereocenters. The van der Waals surface area contributed by atoms with Gasteiger partial charge in [-0.15, -0.1) is 0 Å². The zero-order valence-corrected chi connectivity index (χ0v) is 21.5. The number of alkyl halides is 3. The van der Waals surface area contributed by atoms with Crippen LogP contribution in [0.4, 0.5) is 13.2 Å². The first-order chi connectivity index (χ1) is 16.7. The molecule has 1 aliphatic heterocycles. The maximum Gasteiger partial charge on any atom is 0.416 e. The standard InChI is InChI=1S/C26H30BrF3N4O/c1-17-23(19-7-5-8-20(16-19)26(28,29)30)33-24(32-17)21-9-12-31-25(22(21)27)35-15-4-3-6-18-10-13-34(2)14-11-18/h5,7-9,12,16,18H,3-4,6,10-11,13-15H2,1-2H3,(H,32,33). The van der Waals surface area contributed by atoms with Gasteiger partial charge in [-0.2, -0.15) is 13.2 Å². The summed E-state index contributed by atoms with van der Waals surface area (Å²) >= 11 is 3.58. The Morgan fingerprint density at radius 1 is 1.17 bits per heavy atom. The molecule has 2 aromatic heterocycles. The molecular formula is C26H30BrF3N4O. The Balaban J connectivity index is 1.41. The van der Waals surface area contributed by atoms with Crippen LogP contribution in [0.2, 0.25) is 0 Å². The number of ether oxygens (including phenoxy) is 1. The lowest BCUT2D eigenvalue weighted by Crippen LogP contribution is -2.30. The Hall–Kier alpha value is -2.39. The summed E-state index contributed by atoms with van der Waals surface area (Å²) in [6.45, 7) is 4.75. The van der Waals surface area contributed by atoms with E-state index in [0.29, 0.717) is 39.7 Å². The molecule has 4 rings (SSSR count). The summed E-state index contributed by atoms with van der Waals surface area (Å²) in [5.41, 5.74) is 1.61. The Morgan fingerprint density at radius 3 is 2.69 bits per heavy atom. The molecule has 35 heavy (non-hydrogen) atoms. The van der Waals surface area contributed by atoms with Crippen LogP contribution in [0.1, 0.15) is 43.4 Å². The number of aromatic amines is 1. The van der Waals surface area contributed by atoms with Gasteiger partial charge in [0.2, 0.25) is 5.88 Å². The van der Waals surface area contributed by atoms with Crippen molar-refractivity contribution in [3.63, 3.8) is 0 Å². The number of benzene rings is 1. The minimum atomic E-state index is -4.41. The summed E-state index contributed by atoms with van der Waals surface area (Å²) in [5, 5.41) is 0. The molecule has 188 valence electrons. The number of H-pyrrole nitrogens is 1. The first kappa shape index (κ1) is 25.7. The first-order valence-corrected chi connectivity index (χ1v) is 12.7. The van der Waals surface area contributed by atoms with Gasteiger partial charge in [-0.25, -0.2) is 9.97 Å². The van der Waals surface area contributed by atoms with Crippen molar-refractivity contribution in [3.8, 4) is 28.5 Å². The van der Waals surface area contributed by atoms with Crippen molar-refractivity contribution in [2.75, 3.05) is 26.7 Å². The van der Waals surface area contributed by atoms with E-state index in [1.165, 1.54) is 38.4 Å². The number of likely N-dealkylation sites (tertiary alicyclic amines) is 1. The third kappa shape index (κ3) is 6.44. The third-order valence-corrected chi connectivity index (χ3v) is 7.31. The lowest BCUT2D eigenvalue weighted by Gasteiger charge is -2.28. The molecule has 3 aromatic rings. The van der Waals surface area contributed by atoms with Crippen molar-refractivity contribution in [2.24, 2.45) is 5.92 Å². The summed E-state index contributed by atoms with van der Waals surface area (Å²) < 4.78 is 46.1. The highest BCUT2D eigenvalue weighted by Crippen LogP contribution is 2.36. The molecule has 0 saturated carbocycles. The van der Waals surface area contributed by atoms with E-state index in [4.69, 9.17) is 4.74 Å². The monoisotopic (exact) mass is 550 g/mol. The van der Waals surface area contributed by atoms with Crippen molar-refractivity contribution in [1.82, 2.24) is 19.9 Å². The van der Waals surface area contributed by atoms with Crippen LogP contribution in [0.5, 0.6) is 5.88 Å². The minimum absolute atomic E-state index is 0.408. The largest absolute Gasteiger partial charge is 0.477 e. The van der Waals surface area contributed by atoms with Gasteiger partial charge in [-0.05, 0) is 92.8 Å². The Bertz CT molecular complexity index is 1140. The number of aryl methyl sites for hydroxylation is 1. The van der Waals surface area contributed by atoms with Crippen LogP contribution in [0.25, 0.3) is 22.6 Å². The summed E-state index contributed by atoms with van der Waals surface area (Å²) in [6, 6.07) is 7.00. The summed E-state index contributed by atoms with van der Waals surface area (Å²) in [6.07, 6.45) is 3.12. The molecule has 0 aliphatic carbocycles. The molecule has 1 aliphatic rings. The zero-order chi connectivity index (χ0) is 25.0. The lowest BCUT2D eigenvalue weighted by atomic mass is 9.92. The molecule has 1 N–H and O–H groups in total. The number of rotatable bonds is 8. The van der Waals surface area contributed by atoms with E-state index in [2.05, 4.69) is 42.8 Å². The highest BCUT2D eigenvalue weighted by Gasteiger charge is 2.30. The lowest BCUT2D eigenvalue weighted by molar-refractivity contribution is -0.137. The molecule has 5 nitrogen and oxygen atoms in total. The number of halogens is 4. The number of hydrogen-bond donors (Lipinski definition) is 1. The van der Waals surface area contributed by atoms with Crippen molar-refractivity contribution in [3.05, 3.63) is 52.3 Å². The fraction of sp³-hybridized carbons (Fsp3) is 0.462.